The van der Waals surface area contributed by atoms with Crippen LogP contribution in [0.5, 0.6) is 5.75 Å². The largest absolute Gasteiger partial charge is 0.491 e. The summed E-state index contributed by atoms with van der Waals surface area (Å²) in [4.78, 5) is 18.6. The highest BCUT2D eigenvalue weighted by atomic mass is 32.1. The van der Waals surface area contributed by atoms with Gasteiger partial charge in [0.25, 0.3) is 0 Å². The molecule has 1 amide bonds. The van der Waals surface area contributed by atoms with Gasteiger partial charge in [0.15, 0.2) is 0 Å². The molecule has 0 fully saturated rings. The van der Waals surface area contributed by atoms with Gasteiger partial charge < -0.3 is 14.7 Å². The van der Waals surface area contributed by atoms with Crippen LogP contribution in [0.15, 0.2) is 48.4 Å². The molecule has 6 heteroatoms. The number of carbonyl (C=O) groups excluding carboxylic acids is 1. The third kappa shape index (κ3) is 6.42. The van der Waals surface area contributed by atoms with Crippen molar-refractivity contribution in [3.05, 3.63) is 64.4 Å². The number of rotatable bonds is 11. The third-order valence-electron chi connectivity index (χ3n) is 5.65. The second-order valence-electron chi connectivity index (χ2n) is 8.20. The Kier molecular flexibility index (Phi) is 8.69. The van der Waals surface area contributed by atoms with Gasteiger partial charge in [-0.15, -0.1) is 17.9 Å². The maximum Gasteiger partial charge on any atom is 0.237 e. The number of nitrogens with zero attached hydrogens (tertiary/aromatic N) is 2. The number of benzene rings is 1. The minimum Gasteiger partial charge on any atom is -0.491 e. The van der Waals surface area contributed by atoms with Crippen molar-refractivity contribution < 1.29 is 14.6 Å². The predicted octanol–water partition coefficient (Wildman–Crippen LogP) is 4.21. The summed E-state index contributed by atoms with van der Waals surface area (Å²) < 4.78 is 6.12. The molecule has 0 saturated carbocycles. The highest BCUT2D eigenvalue weighted by Crippen LogP contribution is 2.34. The van der Waals surface area contributed by atoms with Gasteiger partial charge >= 0.3 is 0 Å². The molecule has 168 valence electrons. The first-order valence-electron chi connectivity index (χ1n) is 11.1. The zero-order valence-corrected chi connectivity index (χ0v) is 19.4. The molecule has 3 rings (SSSR count). The maximum atomic E-state index is 13.3. The van der Waals surface area contributed by atoms with Crippen LogP contribution < -0.4 is 4.74 Å². The van der Waals surface area contributed by atoms with Crippen molar-refractivity contribution >= 4 is 17.2 Å². The minimum absolute atomic E-state index is 0.0697. The molecule has 1 aromatic heterocycles. The summed E-state index contributed by atoms with van der Waals surface area (Å²) in [5, 5.41) is 12.3. The number of carbonyl (C=O) groups is 1. The van der Waals surface area contributed by atoms with Crippen molar-refractivity contribution in [3.63, 3.8) is 0 Å². The molecular formula is C25H34N2O3S. The second-order valence-corrected chi connectivity index (χ2v) is 9.21. The number of hydrogen-bond acceptors (Lipinski definition) is 5. The molecule has 2 aromatic rings. The van der Waals surface area contributed by atoms with E-state index in [1.165, 1.54) is 10.4 Å². The number of fused-ring (bicyclic) bond motifs is 1. The molecule has 2 heterocycles. The van der Waals surface area contributed by atoms with Crippen LogP contribution in [0, 0.1) is 6.92 Å². The Hall–Kier alpha value is -2.15. The lowest BCUT2D eigenvalue weighted by Gasteiger charge is -2.37. The topological polar surface area (TPSA) is 53.0 Å². The number of amides is 1. The van der Waals surface area contributed by atoms with Crippen molar-refractivity contribution in [2.45, 2.75) is 45.3 Å². The molecule has 0 unspecified atom stereocenters. The van der Waals surface area contributed by atoms with Crippen LogP contribution in [0.3, 0.4) is 0 Å². The first kappa shape index (κ1) is 23.5. The normalized spacial score (nSPS) is 16.8. The quantitative estimate of drug-likeness (QED) is 0.530. The first-order valence-corrected chi connectivity index (χ1v) is 12.0. The fraction of sp³-hybridized carbons (Fsp3) is 0.480. The van der Waals surface area contributed by atoms with Gasteiger partial charge in [-0.25, -0.2) is 0 Å². The van der Waals surface area contributed by atoms with E-state index in [9.17, 15) is 9.90 Å². The predicted molar refractivity (Wildman–Crippen MR) is 127 cm³/mol. The molecule has 0 radical (unpaired) electrons. The molecule has 0 bridgehead atoms. The number of aliphatic hydroxyl groups is 1. The van der Waals surface area contributed by atoms with Crippen LogP contribution in [0.25, 0.3) is 0 Å². The Balaban J connectivity index is 1.72. The monoisotopic (exact) mass is 442 g/mol. The zero-order chi connectivity index (χ0) is 22.2. The van der Waals surface area contributed by atoms with Gasteiger partial charge in [0, 0.05) is 24.5 Å². The van der Waals surface area contributed by atoms with E-state index in [1.54, 1.807) is 17.4 Å². The average molecular weight is 443 g/mol. The van der Waals surface area contributed by atoms with Crippen molar-refractivity contribution in [2.75, 3.05) is 32.8 Å². The summed E-state index contributed by atoms with van der Waals surface area (Å²) in [6.07, 6.45) is 3.89. The molecule has 31 heavy (non-hydrogen) atoms. The van der Waals surface area contributed by atoms with Crippen LogP contribution in [-0.4, -0.2) is 59.7 Å². The summed E-state index contributed by atoms with van der Waals surface area (Å²) >= 11 is 1.75. The van der Waals surface area contributed by atoms with E-state index < -0.39 is 6.10 Å². The third-order valence-corrected chi connectivity index (χ3v) is 6.65. The SMILES string of the molecule is C=CCN(CC(=O)N1CCc2sccc2[C@@H]1COc1cccc(C)c1)C[C@@H](O)CCC. The molecular weight excluding hydrogens is 408 g/mol. The Labute approximate surface area is 189 Å². The lowest BCUT2D eigenvalue weighted by atomic mass is 10.0. The second kappa shape index (κ2) is 11.5. The number of aliphatic hydroxyl groups excluding tert-OH is 1. The lowest BCUT2D eigenvalue weighted by molar-refractivity contribution is -0.136. The summed E-state index contributed by atoms with van der Waals surface area (Å²) in [5.41, 5.74) is 2.34. The van der Waals surface area contributed by atoms with Gasteiger partial charge in [-0.2, -0.15) is 0 Å². The number of hydrogen-bond donors (Lipinski definition) is 1. The maximum absolute atomic E-state index is 13.3. The Morgan fingerprint density at radius 2 is 2.29 bits per heavy atom. The molecule has 1 aliphatic heterocycles. The van der Waals surface area contributed by atoms with Crippen LogP contribution in [-0.2, 0) is 11.2 Å². The Morgan fingerprint density at radius 3 is 3.03 bits per heavy atom. The fourth-order valence-electron chi connectivity index (χ4n) is 4.15. The van der Waals surface area contributed by atoms with Gasteiger partial charge in [-0.1, -0.05) is 31.6 Å². The van der Waals surface area contributed by atoms with E-state index in [2.05, 4.69) is 24.9 Å². The van der Waals surface area contributed by atoms with Crippen LogP contribution >= 0.6 is 11.3 Å². The number of aryl methyl sites for hydroxylation is 1. The van der Waals surface area contributed by atoms with E-state index in [0.717, 1.165) is 30.6 Å². The highest BCUT2D eigenvalue weighted by Gasteiger charge is 2.33. The van der Waals surface area contributed by atoms with Gasteiger partial charge in [0.2, 0.25) is 5.91 Å². The molecule has 0 spiro atoms. The number of ether oxygens (including phenoxy) is 1. The van der Waals surface area contributed by atoms with E-state index in [0.29, 0.717) is 26.2 Å². The molecule has 0 aliphatic carbocycles. The smallest absolute Gasteiger partial charge is 0.237 e. The summed E-state index contributed by atoms with van der Waals surface area (Å²) in [6, 6.07) is 10.0. The summed E-state index contributed by atoms with van der Waals surface area (Å²) in [5.74, 6) is 0.894. The van der Waals surface area contributed by atoms with Crippen molar-refractivity contribution in [1.29, 1.82) is 0 Å². The van der Waals surface area contributed by atoms with Crippen molar-refractivity contribution in [1.82, 2.24) is 9.80 Å². The van der Waals surface area contributed by atoms with Gasteiger partial charge in [-0.05, 0) is 54.5 Å². The van der Waals surface area contributed by atoms with E-state index in [1.807, 2.05) is 41.0 Å². The van der Waals surface area contributed by atoms with Gasteiger partial charge in [0.05, 0.1) is 18.7 Å². The minimum atomic E-state index is -0.428. The Morgan fingerprint density at radius 1 is 1.45 bits per heavy atom. The fourth-order valence-corrected chi connectivity index (χ4v) is 5.07. The molecule has 2 atom stereocenters. The molecule has 0 saturated heterocycles. The van der Waals surface area contributed by atoms with Crippen LogP contribution in [0.2, 0.25) is 0 Å². The molecule has 5 nitrogen and oxygen atoms in total. The van der Waals surface area contributed by atoms with Gasteiger partial charge in [0.1, 0.15) is 12.4 Å². The first-order chi connectivity index (χ1) is 15.0. The van der Waals surface area contributed by atoms with Gasteiger partial charge in [-0.3, -0.25) is 9.69 Å². The average Bonchev–Trinajstić information content (AvgIpc) is 3.21. The lowest BCUT2D eigenvalue weighted by Crippen LogP contribution is -2.47. The summed E-state index contributed by atoms with van der Waals surface area (Å²) in [6.45, 7) is 10.4. The van der Waals surface area contributed by atoms with Crippen molar-refractivity contribution in [3.8, 4) is 5.75 Å². The summed E-state index contributed by atoms with van der Waals surface area (Å²) in [7, 11) is 0. The molecule has 1 N–H and O–H groups in total. The highest BCUT2D eigenvalue weighted by molar-refractivity contribution is 7.10. The number of thiophene rings is 1. The van der Waals surface area contributed by atoms with E-state index in [4.69, 9.17) is 4.74 Å². The standard InChI is InChI=1S/C25H34N2O3S/c1-4-7-20(28)16-26(12-5-2)17-25(29)27-13-10-24-22(11-14-31-24)23(27)18-30-21-9-6-8-19(3)15-21/h5-6,8-9,11,14-15,20,23,28H,2,4,7,10,12-13,16-18H2,1,3H3/t20-,23-/m0/s1. The zero-order valence-electron chi connectivity index (χ0n) is 18.6. The Bertz CT molecular complexity index is 866. The van der Waals surface area contributed by atoms with Crippen molar-refractivity contribution in [2.24, 2.45) is 0 Å². The van der Waals surface area contributed by atoms with Crippen LogP contribution in [0.4, 0.5) is 0 Å². The van der Waals surface area contributed by atoms with Crippen LogP contribution in [0.1, 0.15) is 41.8 Å². The molecule has 1 aliphatic rings. The molecule has 1 aromatic carbocycles. The van der Waals surface area contributed by atoms with E-state index in [-0.39, 0.29) is 18.5 Å². The van der Waals surface area contributed by atoms with E-state index >= 15 is 0 Å².